The SMILES string of the molecule is N#Cc1ccc(-c2ccc([C@H]3CC[C@H](CCCC/C=C/F)CC3)cc2)cc1F. The smallest absolute Gasteiger partial charge is 0.141 e. The summed E-state index contributed by atoms with van der Waals surface area (Å²) < 4.78 is 25.8. The third kappa shape index (κ3) is 5.29. The highest BCUT2D eigenvalue weighted by Crippen LogP contribution is 2.38. The Morgan fingerprint density at radius 2 is 1.68 bits per heavy atom. The summed E-state index contributed by atoms with van der Waals surface area (Å²) in [6, 6.07) is 15.1. The Labute approximate surface area is 166 Å². The zero-order valence-corrected chi connectivity index (χ0v) is 16.2. The fraction of sp³-hybridized carbons (Fsp3) is 0.400. The van der Waals surface area contributed by atoms with Crippen molar-refractivity contribution in [2.45, 2.75) is 57.3 Å². The summed E-state index contributed by atoms with van der Waals surface area (Å²) in [6.07, 6.45) is 11.6. The fourth-order valence-corrected chi connectivity index (χ4v) is 4.28. The number of unbranched alkanes of at least 4 members (excludes halogenated alkanes) is 2. The third-order valence-corrected chi connectivity index (χ3v) is 5.97. The van der Waals surface area contributed by atoms with Crippen LogP contribution in [0.2, 0.25) is 0 Å². The van der Waals surface area contributed by atoms with E-state index >= 15 is 0 Å². The van der Waals surface area contributed by atoms with Crippen LogP contribution in [-0.4, -0.2) is 0 Å². The molecule has 1 nitrogen and oxygen atoms in total. The van der Waals surface area contributed by atoms with Crippen LogP contribution in [0.3, 0.4) is 0 Å². The fourth-order valence-electron chi connectivity index (χ4n) is 4.28. The van der Waals surface area contributed by atoms with Gasteiger partial charge in [-0.1, -0.05) is 49.2 Å². The topological polar surface area (TPSA) is 23.8 Å². The van der Waals surface area contributed by atoms with Crippen molar-refractivity contribution < 1.29 is 8.78 Å². The van der Waals surface area contributed by atoms with E-state index in [0.29, 0.717) is 12.2 Å². The first-order chi connectivity index (χ1) is 13.7. The van der Waals surface area contributed by atoms with E-state index in [1.165, 1.54) is 56.2 Å². The Balaban J connectivity index is 1.52. The number of hydrogen-bond donors (Lipinski definition) is 0. The minimum Gasteiger partial charge on any atom is -0.216 e. The summed E-state index contributed by atoms with van der Waals surface area (Å²) in [6.45, 7) is 0. The van der Waals surface area contributed by atoms with E-state index in [9.17, 15) is 8.78 Å². The molecule has 0 bridgehead atoms. The number of nitrogens with zero attached hydrogens (tertiary/aromatic N) is 1. The van der Waals surface area contributed by atoms with Crippen molar-refractivity contribution in [1.82, 2.24) is 0 Å². The predicted octanol–water partition coefficient (Wildman–Crippen LogP) is 7.68. The molecule has 0 aromatic heterocycles. The van der Waals surface area contributed by atoms with Gasteiger partial charge in [-0.15, -0.1) is 0 Å². The average Bonchev–Trinajstić information content (AvgIpc) is 2.74. The van der Waals surface area contributed by atoms with Gasteiger partial charge in [0.1, 0.15) is 11.9 Å². The molecule has 146 valence electrons. The number of allylic oxidation sites excluding steroid dienone is 1. The molecule has 3 heteroatoms. The zero-order valence-electron chi connectivity index (χ0n) is 16.2. The van der Waals surface area contributed by atoms with Gasteiger partial charge in [-0.3, -0.25) is 0 Å². The quantitative estimate of drug-likeness (QED) is 0.453. The highest BCUT2D eigenvalue weighted by molar-refractivity contribution is 5.64. The molecule has 0 N–H and O–H groups in total. The van der Waals surface area contributed by atoms with Crippen molar-refractivity contribution in [1.29, 1.82) is 5.26 Å². The Morgan fingerprint density at radius 1 is 0.964 bits per heavy atom. The second-order valence-corrected chi connectivity index (χ2v) is 7.79. The van der Waals surface area contributed by atoms with Crippen molar-refractivity contribution in [3.05, 3.63) is 71.8 Å². The summed E-state index contributed by atoms with van der Waals surface area (Å²) in [5.74, 6) is 0.951. The predicted molar refractivity (Wildman–Crippen MR) is 110 cm³/mol. The van der Waals surface area contributed by atoms with Crippen molar-refractivity contribution in [2.75, 3.05) is 0 Å². The van der Waals surface area contributed by atoms with Crippen LogP contribution in [0.15, 0.2) is 54.9 Å². The molecule has 0 heterocycles. The zero-order chi connectivity index (χ0) is 19.8. The normalized spacial score (nSPS) is 19.6. The molecular formula is C25H27F2N. The lowest BCUT2D eigenvalue weighted by molar-refractivity contribution is 0.303. The van der Waals surface area contributed by atoms with Crippen LogP contribution in [0.25, 0.3) is 11.1 Å². The molecule has 0 saturated heterocycles. The van der Waals surface area contributed by atoms with E-state index in [-0.39, 0.29) is 5.56 Å². The molecule has 3 rings (SSSR count). The van der Waals surface area contributed by atoms with Gasteiger partial charge in [0.15, 0.2) is 0 Å². The highest BCUT2D eigenvalue weighted by atomic mass is 19.1. The molecule has 0 spiro atoms. The van der Waals surface area contributed by atoms with Crippen LogP contribution in [0.5, 0.6) is 0 Å². The lowest BCUT2D eigenvalue weighted by atomic mass is 9.77. The van der Waals surface area contributed by atoms with Gasteiger partial charge in [-0.05, 0) is 79.2 Å². The van der Waals surface area contributed by atoms with E-state index in [2.05, 4.69) is 24.3 Å². The van der Waals surface area contributed by atoms with Crippen LogP contribution in [0, 0.1) is 23.1 Å². The third-order valence-electron chi connectivity index (χ3n) is 5.97. The molecule has 0 atom stereocenters. The number of halogens is 2. The Kier molecular flexibility index (Phi) is 7.37. The first-order valence-corrected chi connectivity index (χ1v) is 10.3. The summed E-state index contributed by atoms with van der Waals surface area (Å²) in [7, 11) is 0. The molecule has 1 aliphatic carbocycles. The molecule has 0 aliphatic heterocycles. The van der Waals surface area contributed by atoms with Crippen LogP contribution >= 0.6 is 0 Å². The van der Waals surface area contributed by atoms with Crippen molar-refractivity contribution in [2.24, 2.45) is 5.92 Å². The maximum Gasteiger partial charge on any atom is 0.141 e. The molecular weight excluding hydrogens is 352 g/mol. The molecule has 1 aliphatic rings. The summed E-state index contributed by atoms with van der Waals surface area (Å²) in [5.41, 5.74) is 3.22. The molecule has 2 aromatic carbocycles. The number of rotatable bonds is 7. The van der Waals surface area contributed by atoms with Gasteiger partial charge < -0.3 is 0 Å². The second kappa shape index (κ2) is 10.2. The van der Waals surface area contributed by atoms with Crippen LogP contribution in [0.4, 0.5) is 8.78 Å². The van der Waals surface area contributed by atoms with E-state index in [1.54, 1.807) is 12.1 Å². The minimum absolute atomic E-state index is 0.0796. The van der Waals surface area contributed by atoms with Gasteiger partial charge >= 0.3 is 0 Å². The Bertz CT molecular complexity index is 825. The van der Waals surface area contributed by atoms with Crippen molar-refractivity contribution in [3.8, 4) is 17.2 Å². The average molecular weight is 379 g/mol. The van der Waals surface area contributed by atoms with Crippen molar-refractivity contribution >= 4 is 0 Å². The molecule has 0 unspecified atom stereocenters. The van der Waals surface area contributed by atoms with Gasteiger partial charge in [0, 0.05) is 0 Å². The van der Waals surface area contributed by atoms with Crippen LogP contribution in [-0.2, 0) is 0 Å². The second-order valence-electron chi connectivity index (χ2n) is 7.79. The molecule has 0 amide bonds. The lowest BCUT2D eigenvalue weighted by Gasteiger charge is -2.29. The Morgan fingerprint density at radius 3 is 2.32 bits per heavy atom. The lowest BCUT2D eigenvalue weighted by Crippen LogP contribution is -2.13. The monoisotopic (exact) mass is 379 g/mol. The molecule has 1 fully saturated rings. The van der Waals surface area contributed by atoms with Gasteiger partial charge in [-0.25, -0.2) is 8.78 Å². The van der Waals surface area contributed by atoms with E-state index < -0.39 is 5.82 Å². The van der Waals surface area contributed by atoms with E-state index in [1.807, 2.05) is 6.07 Å². The maximum atomic E-state index is 13.9. The highest BCUT2D eigenvalue weighted by Gasteiger charge is 2.22. The largest absolute Gasteiger partial charge is 0.216 e. The molecule has 2 aromatic rings. The standard InChI is InChI=1S/C25H27F2N/c26-16-4-2-1-3-5-19-6-8-20(9-7-19)21-10-12-22(13-11-21)23-14-15-24(18-28)25(27)17-23/h4,10-17,19-20H,1-3,5-9H2/b16-4+/t19-,20-. The van der Waals surface area contributed by atoms with Crippen LogP contribution < -0.4 is 0 Å². The van der Waals surface area contributed by atoms with E-state index in [0.717, 1.165) is 29.9 Å². The summed E-state index contributed by atoms with van der Waals surface area (Å²) in [4.78, 5) is 0. The first-order valence-electron chi connectivity index (χ1n) is 10.3. The van der Waals surface area contributed by atoms with Gasteiger partial charge in [0.05, 0.1) is 11.9 Å². The van der Waals surface area contributed by atoms with Crippen molar-refractivity contribution in [3.63, 3.8) is 0 Å². The summed E-state index contributed by atoms with van der Waals surface area (Å²) in [5, 5.41) is 8.85. The maximum absolute atomic E-state index is 13.9. The van der Waals surface area contributed by atoms with Gasteiger partial charge in [0.2, 0.25) is 0 Å². The van der Waals surface area contributed by atoms with Gasteiger partial charge in [0.25, 0.3) is 0 Å². The molecule has 1 saturated carbocycles. The number of hydrogen-bond acceptors (Lipinski definition) is 1. The summed E-state index contributed by atoms with van der Waals surface area (Å²) >= 11 is 0. The van der Waals surface area contributed by atoms with Gasteiger partial charge in [-0.2, -0.15) is 5.26 Å². The van der Waals surface area contributed by atoms with Crippen LogP contribution in [0.1, 0.15) is 68.4 Å². The molecule has 28 heavy (non-hydrogen) atoms. The number of benzene rings is 2. The number of nitriles is 1. The Hall–Kier alpha value is -2.47. The molecule has 0 radical (unpaired) electrons. The minimum atomic E-state index is -0.469. The first kappa shape index (κ1) is 20.3. The van der Waals surface area contributed by atoms with E-state index in [4.69, 9.17) is 5.26 Å².